The number of ketones is 1. The van der Waals surface area contributed by atoms with Gasteiger partial charge in [0.2, 0.25) is 0 Å². The van der Waals surface area contributed by atoms with Crippen LogP contribution in [0.5, 0.6) is 0 Å². The predicted octanol–water partition coefficient (Wildman–Crippen LogP) is 6.12. The Hall–Kier alpha value is -3.79. The van der Waals surface area contributed by atoms with E-state index >= 15 is 0 Å². The molecule has 0 unspecified atom stereocenters. The van der Waals surface area contributed by atoms with E-state index in [1.54, 1.807) is 0 Å². The number of amides is 1. The van der Waals surface area contributed by atoms with E-state index in [2.05, 4.69) is 18.2 Å². The fourth-order valence-corrected chi connectivity index (χ4v) is 5.46. The van der Waals surface area contributed by atoms with Gasteiger partial charge >= 0.3 is 0 Å². The van der Waals surface area contributed by atoms with Gasteiger partial charge in [-0.1, -0.05) is 105 Å². The third-order valence-corrected chi connectivity index (χ3v) is 6.99. The first-order valence-electron chi connectivity index (χ1n) is 11.8. The second-order valence-corrected chi connectivity index (χ2v) is 9.34. The number of rotatable bonds is 5. The number of anilines is 1. The molecule has 170 valence electrons. The fourth-order valence-electron chi connectivity index (χ4n) is 5.46. The minimum Gasteiger partial charge on any atom is -0.298 e. The molecule has 3 aromatic carbocycles. The highest BCUT2D eigenvalue weighted by atomic mass is 16.2. The maximum absolute atomic E-state index is 14.2. The van der Waals surface area contributed by atoms with E-state index in [9.17, 15) is 9.59 Å². The Morgan fingerprint density at radius 3 is 2.09 bits per heavy atom. The lowest BCUT2D eigenvalue weighted by molar-refractivity contribution is -0.134. The third-order valence-electron chi connectivity index (χ3n) is 6.99. The highest BCUT2D eigenvalue weighted by Crippen LogP contribution is 2.55. The number of carbonyl (C=O) groups excluding carboxylic acids is 2. The van der Waals surface area contributed by atoms with Crippen LogP contribution in [0.25, 0.3) is 6.08 Å². The van der Waals surface area contributed by atoms with Gasteiger partial charge in [-0.25, -0.2) is 0 Å². The summed E-state index contributed by atoms with van der Waals surface area (Å²) in [7, 11) is 0. The summed E-state index contributed by atoms with van der Waals surface area (Å²) >= 11 is 0. The van der Waals surface area contributed by atoms with Crippen LogP contribution in [0, 0.1) is 17.3 Å². The molecule has 1 saturated carbocycles. The van der Waals surface area contributed by atoms with Crippen molar-refractivity contribution in [2.45, 2.75) is 26.2 Å². The molecule has 5 rings (SSSR count). The summed E-state index contributed by atoms with van der Waals surface area (Å²) in [6, 6.07) is 29.5. The minimum absolute atomic E-state index is 0.0417. The summed E-state index contributed by atoms with van der Waals surface area (Å²) in [5.74, 6) is -0.764. The molecule has 2 aliphatic rings. The van der Waals surface area contributed by atoms with Gasteiger partial charge in [0.05, 0.1) is 11.4 Å². The normalized spacial score (nSPS) is 24.6. The Balaban J connectivity index is 1.67. The monoisotopic (exact) mass is 448 g/mol. The average molecular weight is 449 g/mol. The van der Waals surface area contributed by atoms with Gasteiger partial charge in [-0.15, -0.1) is 0 Å². The quantitative estimate of drug-likeness (QED) is 0.442. The highest BCUT2D eigenvalue weighted by Gasteiger charge is 2.66. The molecule has 1 spiro atoms. The molecular formula is C30H28N2O2. The van der Waals surface area contributed by atoms with Crippen molar-refractivity contribution in [3.05, 3.63) is 108 Å². The van der Waals surface area contributed by atoms with Crippen LogP contribution in [0.1, 0.15) is 37.3 Å². The highest BCUT2D eigenvalue weighted by molar-refractivity contribution is 6.33. The zero-order chi connectivity index (χ0) is 23.7. The summed E-state index contributed by atoms with van der Waals surface area (Å²) in [5, 5.41) is 6.25. The lowest BCUT2D eigenvalue weighted by atomic mass is 9.67. The van der Waals surface area contributed by atoms with E-state index < -0.39 is 5.41 Å². The molecule has 0 radical (unpaired) electrons. The molecule has 0 bridgehead atoms. The van der Waals surface area contributed by atoms with Crippen molar-refractivity contribution in [3.8, 4) is 0 Å². The largest absolute Gasteiger partial charge is 0.298 e. The van der Waals surface area contributed by atoms with Gasteiger partial charge in [-0.2, -0.15) is 10.1 Å². The zero-order valence-corrected chi connectivity index (χ0v) is 19.5. The van der Waals surface area contributed by atoms with Gasteiger partial charge in [-0.3, -0.25) is 9.59 Å². The van der Waals surface area contributed by atoms with Crippen LogP contribution < -0.4 is 5.01 Å². The number of para-hydroxylation sites is 1. The zero-order valence-electron chi connectivity index (χ0n) is 19.5. The van der Waals surface area contributed by atoms with E-state index in [0.717, 1.165) is 11.1 Å². The van der Waals surface area contributed by atoms with Crippen molar-refractivity contribution in [2.75, 3.05) is 5.01 Å². The van der Waals surface area contributed by atoms with Crippen LogP contribution >= 0.6 is 0 Å². The number of hydrazone groups is 1. The lowest BCUT2D eigenvalue weighted by Crippen LogP contribution is -2.49. The first-order chi connectivity index (χ1) is 16.5. The SMILES string of the molecule is CC(C)C1=NN(c2ccccc2)C(=O)[C@]12C(=O)C[C@H](c1ccccc1)[C@H]2/C=C/c1ccccc1. The van der Waals surface area contributed by atoms with Crippen LogP contribution in [0.4, 0.5) is 5.69 Å². The molecule has 4 nitrogen and oxygen atoms in total. The smallest absolute Gasteiger partial charge is 0.267 e. The molecule has 1 aliphatic carbocycles. The number of nitrogens with zero attached hydrogens (tertiary/aromatic N) is 2. The summed E-state index contributed by atoms with van der Waals surface area (Å²) < 4.78 is 0. The van der Waals surface area contributed by atoms with Crippen LogP contribution in [0.2, 0.25) is 0 Å². The molecule has 1 fully saturated rings. The Morgan fingerprint density at radius 1 is 0.882 bits per heavy atom. The molecule has 3 aromatic rings. The van der Waals surface area contributed by atoms with Gasteiger partial charge in [0, 0.05) is 12.3 Å². The van der Waals surface area contributed by atoms with Crippen LogP contribution in [0.15, 0.2) is 102 Å². The Kier molecular flexibility index (Phi) is 5.74. The number of hydrogen-bond acceptors (Lipinski definition) is 3. The van der Waals surface area contributed by atoms with E-state index in [1.165, 1.54) is 5.01 Å². The maximum atomic E-state index is 14.2. The summed E-state index contributed by atoms with van der Waals surface area (Å²) in [5.41, 5.74) is 2.16. The van der Waals surface area contributed by atoms with Crippen molar-refractivity contribution in [1.29, 1.82) is 0 Å². The summed E-state index contributed by atoms with van der Waals surface area (Å²) in [4.78, 5) is 28.2. The Bertz CT molecular complexity index is 1250. The van der Waals surface area contributed by atoms with Gasteiger partial charge in [0.25, 0.3) is 5.91 Å². The van der Waals surface area contributed by atoms with Crippen LogP contribution in [-0.4, -0.2) is 17.4 Å². The molecule has 4 heteroatoms. The van der Waals surface area contributed by atoms with Crippen LogP contribution in [-0.2, 0) is 9.59 Å². The van der Waals surface area contributed by atoms with Crippen molar-refractivity contribution in [1.82, 2.24) is 0 Å². The molecule has 0 N–H and O–H groups in total. The number of Topliss-reactive ketones (excluding diaryl/α,β-unsaturated/α-hetero) is 1. The van der Waals surface area contributed by atoms with E-state index in [-0.39, 0.29) is 29.4 Å². The number of benzene rings is 3. The second kappa shape index (κ2) is 8.86. The maximum Gasteiger partial charge on any atom is 0.267 e. The Morgan fingerprint density at radius 2 is 1.47 bits per heavy atom. The van der Waals surface area contributed by atoms with Crippen LogP contribution in [0.3, 0.4) is 0 Å². The predicted molar refractivity (Wildman–Crippen MR) is 136 cm³/mol. The molecule has 1 heterocycles. The third kappa shape index (κ3) is 3.50. The molecule has 1 aliphatic heterocycles. The molecule has 1 amide bonds. The minimum atomic E-state index is -1.30. The van der Waals surface area contributed by atoms with Crippen molar-refractivity contribution >= 4 is 29.2 Å². The molecular weight excluding hydrogens is 420 g/mol. The van der Waals surface area contributed by atoms with E-state index in [4.69, 9.17) is 5.10 Å². The van der Waals surface area contributed by atoms with Gasteiger partial charge in [0.1, 0.15) is 0 Å². The van der Waals surface area contributed by atoms with Crippen molar-refractivity contribution < 1.29 is 9.59 Å². The summed E-state index contributed by atoms with van der Waals surface area (Å²) in [6.45, 7) is 4.03. The standard InChI is InChI=1S/C30H28N2O2/c1-21(2)28-30(29(34)32(31-28)24-16-10-5-11-17-24)26(19-18-22-12-6-3-7-13-22)25(20-27(30)33)23-14-8-4-9-15-23/h3-19,21,25-26H,20H2,1-2H3/b19-18+/t25-,26-,30-/m1/s1. The molecule has 0 saturated heterocycles. The molecule has 34 heavy (non-hydrogen) atoms. The number of allylic oxidation sites excluding steroid dienone is 1. The van der Waals surface area contributed by atoms with E-state index in [1.807, 2.05) is 98.8 Å². The summed E-state index contributed by atoms with van der Waals surface area (Å²) in [6.07, 6.45) is 4.42. The first kappa shape index (κ1) is 22.0. The van der Waals surface area contributed by atoms with Crippen molar-refractivity contribution in [2.24, 2.45) is 22.4 Å². The second-order valence-electron chi connectivity index (χ2n) is 9.34. The molecule has 0 aromatic heterocycles. The lowest BCUT2D eigenvalue weighted by Gasteiger charge is -2.31. The average Bonchev–Trinajstić information content (AvgIpc) is 3.34. The van der Waals surface area contributed by atoms with Gasteiger partial charge in [-0.05, 0) is 35.1 Å². The van der Waals surface area contributed by atoms with Crippen molar-refractivity contribution in [3.63, 3.8) is 0 Å². The number of hydrogen-bond donors (Lipinski definition) is 0. The van der Waals surface area contributed by atoms with Gasteiger partial charge < -0.3 is 0 Å². The topological polar surface area (TPSA) is 49.7 Å². The molecule has 3 atom stereocenters. The number of carbonyl (C=O) groups is 2. The van der Waals surface area contributed by atoms with E-state index in [0.29, 0.717) is 17.8 Å². The first-order valence-corrected chi connectivity index (χ1v) is 11.8. The Labute approximate surface area is 200 Å². The fraction of sp³-hybridized carbons (Fsp3) is 0.233. The van der Waals surface area contributed by atoms with Gasteiger partial charge in [0.15, 0.2) is 11.2 Å².